The van der Waals surface area contributed by atoms with Gasteiger partial charge in [-0.05, 0) is 35.4 Å². The van der Waals surface area contributed by atoms with Crippen molar-refractivity contribution in [2.24, 2.45) is 0 Å². The van der Waals surface area contributed by atoms with Crippen molar-refractivity contribution in [1.82, 2.24) is 10.6 Å². The Morgan fingerprint density at radius 3 is 2.38 bits per heavy atom. The van der Waals surface area contributed by atoms with Gasteiger partial charge in [-0.15, -0.1) is 0 Å². The molecule has 5 nitrogen and oxygen atoms in total. The number of carbonyl (C=O) groups is 1. The molecular weight excluding hydrogens is 304 g/mol. The maximum absolute atomic E-state index is 11.5. The first-order valence-corrected chi connectivity index (χ1v) is 8.16. The van der Waals surface area contributed by atoms with Crippen molar-refractivity contribution in [2.75, 3.05) is 20.3 Å². The molecule has 5 heteroatoms. The van der Waals surface area contributed by atoms with Crippen LogP contribution < -0.4 is 20.1 Å². The van der Waals surface area contributed by atoms with Gasteiger partial charge in [0.25, 0.3) is 5.91 Å². The smallest absolute Gasteiger partial charge is 0.251 e. The van der Waals surface area contributed by atoms with E-state index in [1.165, 1.54) is 0 Å². The molecule has 0 unspecified atom stereocenters. The quantitative estimate of drug-likeness (QED) is 0.886. The molecule has 0 aromatic heterocycles. The SMILES string of the molecule is CNC(=O)c1ccc(CNCc2ccc3c(c2)OCCCO3)cc1. The Hall–Kier alpha value is -2.53. The number of hydrogen-bond donors (Lipinski definition) is 2. The molecule has 24 heavy (non-hydrogen) atoms. The van der Waals surface area contributed by atoms with Gasteiger partial charge in [0.05, 0.1) is 13.2 Å². The summed E-state index contributed by atoms with van der Waals surface area (Å²) in [5.74, 6) is 1.57. The minimum Gasteiger partial charge on any atom is -0.490 e. The third kappa shape index (κ3) is 4.06. The summed E-state index contributed by atoms with van der Waals surface area (Å²) >= 11 is 0. The lowest BCUT2D eigenvalue weighted by Gasteiger charge is -2.10. The van der Waals surface area contributed by atoms with Gasteiger partial charge in [-0.25, -0.2) is 0 Å². The Morgan fingerprint density at radius 2 is 1.62 bits per heavy atom. The van der Waals surface area contributed by atoms with E-state index in [9.17, 15) is 4.79 Å². The average Bonchev–Trinajstić information content (AvgIpc) is 2.86. The summed E-state index contributed by atoms with van der Waals surface area (Å²) in [6.45, 7) is 2.88. The monoisotopic (exact) mass is 326 g/mol. The fourth-order valence-corrected chi connectivity index (χ4v) is 2.59. The highest BCUT2D eigenvalue weighted by molar-refractivity contribution is 5.93. The molecule has 1 amide bonds. The van der Waals surface area contributed by atoms with E-state index >= 15 is 0 Å². The van der Waals surface area contributed by atoms with E-state index in [1.54, 1.807) is 7.05 Å². The van der Waals surface area contributed by atoms with Crippen LogP contribution in [-0.4, -0.2) is 26.2 Å². The minimum absolute atomic E-state index is 0.0679. The summed E-state index contributed by atoms with van der Waals surface area (Å²) in [7, 11) is 1.63. The number of carbonyl (C=O) groups excluding carboxylic acids is 1. The largest absolute Gasteiger partial charge is 0.490 e. The number of ether oxygens (including phenoxy) is 2. The molecule has 0 aliphatic carbocycles. The molecular formula is C19H22N2O3. The molecule has 2 aromatic rings. The molecule has 0 saturated heterocycles. The van der Waals surface area contributed by atoms with Crippen molar-refractivity contribution >= 4 is 5.91 Å². The van der Waals surface area contributed by atoms with Gasteiger partial charge >= 0.3 is 0 Å². The molecule has 2 aromatic carbocycles. The second kappa shape index (κ2) is 7.84. The van der Waals surface area contributed by atoms with Crippen molar-refractivity contribution < 1.29 is 14.3 Å². The first kappa shape index (κ1) is 16.3. The van der Waals surface area contributed by atoms with Crippen LogP contribution in [0.15, 0.2) is 42.5 Å². The molecule has 3 rings (SSSR count). The molecule has 0 saturated carbocycles. The topological polar surface area (TPSA) is 59.6 Å². The van der Waals surface area contributed by atoms with E-state index in [2.05, 4.69) is 16.7 Å². The molecule has 1 aliphatic rings. The van der Waals surface area contributed by atoms with Crippen LogP contribution in [0.25, 0.3) is 0 Å². The van der Waals surface area contributed by atoms with Gasteiger partial charge < -0.3 is 20.1 Å². The van der Waals surface area contributed by atoms with Gasteiger partial charge in [0, 0.05) is 32.1 Å². The Kier molecular flexibility index (Phi) is 5.33. The van der Waals surface area contributed by atoms with E-state index in [-0.39, 0.29) is 5.91 Å². The van der Waals surface area contributed by atoms with Crippen LogP contribution in [0.2, 0.25) is 0 Å². The standard InChI is InChI=1S/C19H22N2O3/c1-20-19(22)16-6-3-14(4-7-16)12-21-13-15-5-8-17-18(11-15)24-10-2-9-23-17/h3-8,11,21H,2,9-10,12-13H2,1H3,(H,20,22). The van der Waals surface area contributed by atoms with Gasteiger partial charge in [-0.1, -0.05) is 18.2 Å². The molecule has 0 radical (unpaired) electrons. The van der Waals surface area contributed by atoms with Crippen molar-refractivity contribution in [2.45, 2.75) is 19.5 Å². The zero-order valence-electron chi connectivity index (χ0n) is 13.8. The van der Waals surface area contributed by atoms with Gasteiger partial charge in [0.15, 0.2) is 11.5 Å². The summed E-state index contributed by atoms with van der Waals surface area (Å²) in [4.78, 5) is 11.5. The van der Waals surface area contributed by atoms with Crippen molar-refractivity contribution in [3.63, 3.8) is 0 Å². The summed E-state index contributed by atoms with van der Waals surface area (Å²) in [6, 6.07) is 13.7. The fraction of sp³-hybridized carbons (Fsp3) is 0.316. The molecule has 0 atom stereocenters. The summed E-state index contributed by atoms with van der Waals surface area (Å²) in [6.07, 6.45) is 0.911. The summed E-state index contributed by atoms with van der Waals surface area (Å²) < 4.78 is 11.3. The summed E-state index contributed by atoms with van der Waals surface area (Å²) in [5.41, 5.74) is 2.96. The van der Waals surface area contributed by atoms with Crippen molar-refractivity contribution in [1.29, 1.82) is 0 Å². The predicted molar refractivity (Wildman–Crippen MR) is 92.4 cm³/mol. The van der Waals surface area contributed by atoms with Crippen LogP contribution in [0.1, 0.15) is 27.9 Å². The van der Waals surface area contributed by atoms with E-state index < -0.39 is 0 Å². The average molecular weight is 326 g/mol. The van der Waals surface area contributed by atoms with Gasteiger partial charge in [-0.3, -0.25) is 4.79 Å². The molecule has 0 fully saturated rings. The normalized spacial score (nSPS) is 13.2. The maximum Gasteiger partial charge on any atom is 0.251 e. The number of fused-ring (bicyclic) bond motifs is 1. The second-order valence-corrected chi connectivity index (χ2v) is 5.71. The van der Waals surface area contributed by atoms with E-state index in [4.69, 9.17) is 9.47 Å². The Morgan fingerprint density at radius 1 is 0.958 bits per heavy atom. The van der Waals surface area contributed by atoms with Gasteiger partial charge in [0.1, 0.15) is 0 Å². The van der Waals surface area contributed by atoms with Crippen LogP contribution in [-0.2, 0) is 13.1 Å². The van der Waals surface area contributed by atoms with Crippen LogP contribution in [0.5, 0.6) is 11.5 Å². The Balaban J connectivity index is 1.54. The number of nitrogens with one attached hydrogen (secondary N) is 2. The molecule has 1 aliphatic heterocycles. The van der Waals surface area contributed by atoms with Gasteiger partial charge in [0.2, 0.25) is 0 Å². The van der Waals surface area contributed by atoms with E-state index in [1.807, 2.05) is 36.4 Å². The van der Waals surface area contributed by atoms with E-state index in [0.717, 1.165) is 42.1 Å². The first-order valence-electron chi connectivity index (χ1n) is 8.16. The predicted octanol–water partition coefficient (Wildman–Crippen LogP) is 2.50. The highest BCUT2D eigenvalue weighted by Crippen LogP contribution is 2.30. The number of hydrogen-bond acceptors (Lipinski definition) is 4. The highest BCUT2D eigenvalue weighted by atomic mass is 16.5. The lowest BCUT2D eigenvalue weighted by atomic mass is 10.1. The number of rotatable bonds is 5. The summed E-state index contributed by atoms with van der Waals surface area (Å²) in [5, 5.41) is 6.02. The van der Waals surface area contributed by atoms with E-state index in [0.29, 0.717) is 18.8 Å². The lowest BCUT2D eigenvalue weighted by molar-refractivity contribution is 0.0963. The molecule has 0 bridgehead atoms. The number of amides is 1. The zero-order valence-corrected chi connectivity index (χ0v) is 13.8. The first-order chi connectivity index (χ1) is 11.8. The van der Waals surface area contributed by atoms with Crippen LogP contribution in [0.4, 0.5) is 0 Å². The molecule has 1 heterocycles. The third-order valence-corrected chi connectivity index (χ3v) is 3.91. The lowest BCUT2D eigenvalue weighted by Crippen LogP contribution is -2.18. The Bertz CT molecular complexity index is 698. The van der Waals surface area contributed by atoms with Gasteiger partial charge in [-0.2, -0.15) is 0 Å². The molecule has 126 valence electrons. The maximum atomic E-state index is 11.5. The fourth-order valence-electron chi connectivity index (χ4n) is 2.59. The zero-order chi connectivity index (χ0) is 16.8. The molecule has 2 N–H and O–H groups in total. The Labute approximate surface area is 142 Å². The van der Waals surface area contributed by atoms with Crippen LogP contribution >= 0.6 is 0 Å². The number of benzene rings is 2. The highest BCUT2D eigenvalue weighted by Gasteiger charge is 2.10. The molecule has 0 spiro atoms. The third-order valence-electron chi connectivity index (χ3n) is 3.91. The van der Waals surface area contributed by atoms with Crippen molar-refractivity contribution in [3.05, 3.63) is 59.2 Å². The second-order valence-electron chi connectivity index (χ2n) is 5.71. The van der Waals surface area contributed by atoms with Crippen LogP contribution in [0, 0.1) is 0 Å². The minimum atomic E-state index is -0.0679. The van der Waals surface area contributed by atoms with Crippen molar-refractivity contribution in [3.8, 4) is 11.5 Å². The van der Waals surface area contributed by atoms with Crippen LogP contribution in [0.3, 0.4) is 0 Å².